The van der Waals surface area contributed by atoms with Crippen molar-refractivity contribution >= 4 is 5.65 Å². The Morgan fingerprint density at radius 1 is 1.05 bits per heavy atom. The minimum atomic E-state index is 0.0796. The van der Waals surface area contributed by atoms with E-state index in [1.165, 1.54) is 25.7 Å². The fourth-order valence-corrected chi connectivity index (χ4v) is 2.96. The second-order valence-electron chi connectivity index (χ2n) is 5.94. The van der Waals surface area contributed by atoms with E-state index in [-0.39, 0.29) is 5.41 Å². The van der Waals surface area contributed by atoms with Crippen LogP contribution in [-0.2, 0) is 5.41 Å². The van der Waals surface area contributed by atoms with Gasteiger partial charge in [-0.15, -0.1) is 10.2 Å². The summed E-state index contributed by atoms with van der Waals surface area (Å²) < 4.78 is 1.91. The lowest BCUT2D eigenvalue weighted by molar-refractivity contribution is 0.350. The highest BCUT2D eigenvalue weighted by Crippen LogP contribution is 2.33. The minimum Gasteiger partial charge on any atom is -0.197 e. The van der Waals surface area contributed by atoms with E-state index >= 15 is 0 Å². The topological polar surface area (TPSA) is 43.1 Å². The van der Waals surface area contributed by atoms with Gasteiger partial charge in [-0.2, -0.15) is 9.61 Å². The number of nitrogens with zero attached hydrogens (tertiary/aromatic N) is 4. The number of hydrogen-bond donors (Lipinski definition) is 0. The number of aromatic nitrogens is 4. The van der Waals surface area contributed by atoms with Gasteiger partial charge in [0.15, 0.2) is 11.5 Å². The second-order valence-corrected chi connectivity index (χ2v) is 5.94. The zero-order valence-electron chi connectivity index (χ0n) is 13.0. The van der Waals surface area contributed by atoms with Gasteiger partial charge in [-0.3, -0.25) is 0 Å². The number of fused-ring (bicyclic) bond motifs is 1. The zero-order chi connectivity index (χ0) is 14.4. The van der Waals surface area contributed by atoms with E-state index in [2.05, 4.69) is 36.1 Å². The molecule has 0 N–H and O–H groups in total. The summed E-state index contributed by atoms with van der Waals surface area (Å²) in [5.41, 5.74) is 0.925. The molecule has 2 heterocycles. The van der Waals surface area contributed by atoms with Gasteiger partial charge in [0, 0.05) is 11.6 Å². The van der Waals surface area contributed by atoms with E-state index in [0.29, 0.717) is 0 Å². The molecule has 0 aromatic carbocycles. The normalized spacial score (nSPS) is 14.6. The molecular weight excluding hydrogens is 248 g/mol. The zero-order valence-corrected chi connectivity index (χ0v) is 13.0. The molecule has 0 saturated heterocycles. The number of unbranched alkanes of at least 4 members (excludes halogenated alkanes) is 3. The first-order valence-corrected chi connectivity index (χ1v) is 7.88. The van der Waals surface area contributed by atoms with Gasteiger partial charge in [0.2, 0.25) is 0 Å². The molecule has 2 aromatic heterocycles. The highest BCUT2D eigenvalue weighted by Gasteiger charge is 2.31. The maximum atomic E-state index is 4.44. The number of hydrogen-bond acceptors (Lipinski definition) is 3. The van der Waals surface area contributed by atoms with Crippen molar-refractivity contribution < 1.29 is 0 Å². The van der Waals surface area contributed by atoms with Crippen molar-refractivity contribution in [2.75, 3.05) is 0 Å². The molecule has 4 heteroatoms. The van der Waals surface area contributed by atoms with Crippen LogP contribution in [0.1, 0.15) is 71.5 Å². The van der Waals surface area contributed by atoms with Crippen molar-refractivity contribution in [1.29, 1.82) is 0 Å². The molecule has 1 unspecified atom stereocenters. The van der Waals surface area contributed by atoms with Crippen molar-refractivity contribution in [3.05, 3.63) is 24.2 Å². The molecule has 2 aromatic rings. The van der Waals surface area contributed by atoms with Crippen LogP contribution in [0.25, 0.3) is 5.65 Å². The molecule has 0 fully saturated rings. The summed E-state index contributed by atoms with van der Waals surface area (Å²) in [5, 5.41) is 13.1. The van der Waals surface area contributed by atoms with E-state index in [1.54, 1.807) is 0 Å². The molecule has 0 saturated carbocycles. The fourth-order valence-electron chi connectivity index (χ4n) is 2.96. The van der Waals surface area contributed by atoms with Crippen LogP contribution >= 0.6 is 0 Å². The Hall–Kier alpha value is -1.45. The number of rotatable bonds is 8. The van der Waals surface area contributed by atoms with Crippen LogP contribution in [0.4, 0.5) is 0 Å². The average molecular weight is 274 g/mol. The largest absolute Gasteiger partial charge is 0.197 e. The first-order chi connectivity index (χ1) is 9.71. The third kappa shape index (κ3) is 3.17. The Morgan fingerprint density at radius 2 is 1.90 bits per heavy atom. The summed E-state index contributed by atoms with van der Waals surface area (Å²) in [6.45, 7) is 6.80. The Labute approximate surface area is 121 Å². The molecular formula is C16H26N4. The van der Waals surface area contributed by atoms with E-state index in [1.807, 2.05) is 22.8 Å². The van der Waals surface area contributed by atoms with Crippen LogP contribution in [-0.4, -0.2) is 19.8 Å². The summed E-state index contributed by atoms with van der Waals surface area (Å²) >= 11 is 0. The van der Waals surface area contributed by atoms with Crippen LogP contribution in [0.15, 0.2) is 18.3 Å². The van der Waals surface area contributed by atoms with E-state index in [0.717, 1.165) is 30.7 Å². The lowest BCUT2D eigenvalue weighted by Crippen LogP contribution is -2.25. The lowest BCUT2D eigenvalue weighted by Gasteiger charge is -2.27. The maximum Gasteiger partial charge on any atom is 0.177 e. The highest BCUT2D eigenvalue weighted by molar-refractivity contribution is 5.36. The van der Waals surface area contributed by atoms with Crippen LogP contribution in [0.5, 0.6) is 0 Å². The van der Waals surface area contributed by atoms with E-state index < -0.39 is 0 Å². The molecule has 0 radical (unpaired) electrons. The predicted molar refractivity (Wildman–Crippen MR) is 81.8 cm³/mol. The van der Waals surface area contributed by atoms with Gasteiger partial charge in [0.25, 0.3) is 0 Å². The van der Waals surface area contributed by atoms with Crippen molar-refractivity contribution in [3.8, 4) is 0 Å². The Kier molecular flexibility index (Phi) is 5.10. The first-order valence-electron chi connectivity index (χ1n) is 7.88. The summed E-state index contributed by atoms with van der Waals surface area (Å²) in [6, 6.07) is 3.87. The molecule has 2 rings (SSSR count). The lowest BCUT2D eigenvalue weighted by atomic mass is 9.79. The van der Waals surface area contributed by atoms with Gasteiger partial charge in [0.1, 0.15) is 0 Å². The van der Waals surface area contributed by atoms with Crippen molar-refractivity contribution in [2.24, 2.45) is 0 Å². The third-order valence-electron chi connectivity index (χ3n) is 4.10. The Balaban J connectivity index is 2.22. The SMILES string of the molecule is CCCCCCC(C)(CCC)c1nnc2cccnn12. The van der Waals surface area contributed by atoms with Crippen LogP contribution in [0, 0.1) is 0 Å². The van der Waals surface area contributed by atoms with Crippen LogP contribution in [0.2, 0.25) is 0 Å². The fraction of sp³-hybridized carbons (Fsp3) is 0.688. The van der Waals surface area contributed by atoms with Crippen molar-refractivity contribution in [1.82, 2.24) is 19.8 Å². The van der Waals surface area contributed by atoms with Gasteiger partial charge in [-0.25, -0.2) is 0 Å². The van der Waals surface area contributed by atoms with Crippen LogP contribution in [0.3, 0.4) is 0 Å². The molecule has 110 valence electrons. The molecule has 0 amide bonds. The highest BCUT2D eigenvalue weighted by atomic mass is 15.4. The molecule has 0 bridgehead atoms. The summed E-state index contributed by atoms with van der Waals surface area (Å²) in [5.74, 6) is 1.02. The van der Waals surface area contributed by atoms with Gasteiger partial charge >= 0.3 is 0 Å². The standard InChI is InChI=1S/C16H26N4/c1-4-6-7-8-12-16(3,11-5-2)15-19-18-14-10-9-13-17-20(14)15/h9-10,13H,4-8,11-12H2,1-3H3. The maximum absolute atomic E-state index is 4.44. The molecule has 0 aliphatic heterocycles. The van der Waals surface area contributed by atoms with Crippen LogP contribution < -0.4 is 0 Å². The van der Waals surface area contributed by atoms with Gasteiger partial charge in [-0.05, 0) is 25.0 Å². The predicted octanol–water partition coefficient (Wildman–Crippen LogP) is 4.15. The Morgan fingerprint density at radius 3 is 2.65 bits per heavy atom. The molecule has 0 spiro atoms. The van der Waals surface area contributed by atoms with Gasteiger partial charge < -0.3 is 0 Å². The summed E-state index contributed by atoms with van der Waals surface area (Å²) in [7, 11) is 0. The first kappa shape index (κ1) is 14.9. The quantitative estimate of drug-likeness (QED) is 0.679. The van der Waals surface area contributed by atoms with Crippen molar-refractivity contribution in [2.45, 2.75) is 71.1 Å². The van der Waals surface area contributed by atoms with Gasteiger partial charge in [-0.1, -0.05) is 52.9 Å². The summed E-state index contributed by atoms with van der Waals surface area (Å²) in [4.78, 5) is 0. The molecule has 0 aliphatic carbocycles. The Bertz CT molecular complexity index is 534. The smallest absolute Gasteiger partial charge is 0.177 e. The second kappa shape index (κ2) is 6.82. The third-order valence-corrected chi connectivity index (χ3v) is 4.10. The molecule has 4 nitrogen and oxygen atoms in total. The van der Waals surface area contributed by atoms with Gasteiger partial charge in [0.05, 0.1) is 0 Å². The van der Waals surface area contributed by atoms with E-state index in [9.17, 15) is 0 Å². The van der Waals surface area contributed by atoms with Crippen molar-refractivity contribution in [3.63, 3.8) is 0 Å². The molecule has 1 atom stereocenters. The van der Waals surface area contributed by atoms with E-state index in [4.69, 9.17) is 0 Å². The monoisotopic (exact) mass is 274 g/mol. The minimum absolute atomic E-state index is 0.0796. The average Bonchev–Trinajstić information content (AvgIpc) is 2.89. The summed E-state index contributed by atoms with van der Waals surface area (Å²) in [6.07, 6.45) is 10.4. The molecule has 20 heavy (non-hydrogen) atoms. The molecule has 0 aliphatic rings.